The van der Waals surface area contributed by atoms with Crippen LogP contribution in [0.3, 0.4) is 0 Å². The molecular formula is C8H13N3O2. The van der Waals surface area contributed by atoms with Crippen LogP contribution in [-0.2, 0) is 9.59 Å². The number of rotatable bonds is 3. The summed E-state index contributed by atoms with van der Waals surface area (Å²) in [5.74, 6) is -0.103. The maximum atomic E-state index is 11.2. The summed E-state index contributed by atoms with van der Waals surface area (Å²) in [6.45, 7) is 2.17. The lowest BCUT2D eigenvalue weighted by molar-refractivity contribution is -0.129. The number of nitrogens with one attached hydrogen (secondary N) is 1. The lowest BCUT2D eigenvalue weighted by atomic mass is 10.3. The third-order valence-corrected chi connectivity index (χ3v) is 1.82. The van der Waals surface area contributed by atoms with E-state index in [0.29, 0.717) is 19.4 Å². The molecule has 0 saturated carbocycles. The first kappa shape index (κ1) is 9.70. The quantitative estimate of drug-likeness (QED) is 0.654. The van der Waals surface area contributed by atoms with Gasteiger partial charge >= 0.3 is 0 Å². The summed E-state index contributed by atoms with van der Waals surface area (Å²) in [7, 11) is 1.57. The van der Waals surface area contributed by atoms with Crippen molar-refractivity contribution in [3.8, 4) is 0 Å². The first-order chi connectivity index (χ1) is 6.13. The summed E-state index contributed by atoms with van der Waals surface area (Å²) in [6, 6.07) is 0. The van der Waals surface area contributed by atoms with Gasteiger partial charge in [-0.15, -0.1) is 0 Å². The van der Waals surface area contributed by atoms with Gasteiger partial charge in [-0.2, -0.15) is 5.10 Å². The van der Waals surface area contributed by atoms with Gasteiger partial charge in [-0.25, -0.2) is 5.01 Å². The predicted octanol–water partition coefficient (Wildman–Crippen LogP) is -0.269. The predicted molar refractivity (Wildman–Crippen MR) is 48.1 cm³/mol. The molecular weight excluding hydrogens is 170 g/mol. The minimum Gasteiger partial charge on any atom is -0.359 e. The van der Waals surface area contributed by atoms with E-state index in [-0.39, 0.29) is 11.8 Å². The maximum absolute atomic E-state index is 11.2. The highest BCUT2D eigenvalue weighted by atomic mass is 16.2. The molecule has 0 aromatic heterocycles. The van der Waals surface area contributed by atoms with Crippen molar-refractivity contribution in [1.29, 1.82) is 0 Å². The Morgan fingerprint density at radius 3 is 2.85 bits per heavy atom. The van der Waals surface area contributed by atoms with Gasteiger partial charge in [-0.05, 0) is 6.92 Å². The van der Waals surface area contributed by atoms with E-state index in [1.54, 1.807) is 14.0 Å². The Morgan fingerprint density at radius 1 is 1.69 bits per heavy atom. The van der Waals surface area contributed by atoms with Crippen LogP contribution < -0.4 is 5.32 Å². The molecule has 5 nitrogen and oxygen atoms in total. The van der Waals surface area contributed by atoms with Gasteiger partial charge in [-0.1, -0.05) is 0 Å². The summed E-state index contributed by atoms with van der Waals surface area (Å²) in [6.07, 6.45) is 0.687. The number of amides is 2. The van der Waals surface area contributed by atoms with E-state index in [1.165, 1.54) is 5.01 Å². The largest absolute Gasteiger partial charge is 0.359 e. The van der Waals surface area contributed by atoms with E-state index in [0.717, 1.165) is 5.71 Å². The molecule has 1 aliphatic rings. The molecule has 1 N–H and O–H groups in total. The van der Waals surface area contributed by atoms with Crippen molar-refractivity contribution >= 4 is 17.5 Å². The van der Waals surface area contributed by atoms with Crippen LogP contribution in [0, 0.1) is 0 Å². The molecule has 5 heteroatoms. The highest BCUT2D eigenvalue weighted by Crippen LogP contribution is 2.07. The molecule has 0 fully saturated rings. The average molecular weight is 183 g/mol. The van der Waals surface area contributed by atoms with E-state index in [4.69, 9.17) is 0 Å². The molecule has 0 spiro atoms. The van der Waals surface area contributed by atoms with Crippen LogP contribution in [0.15, 0.2) is 5.10 Å². The fraction of sp³-hybridized carbons (Fsp3) is 0.625. The van der Waals surface area contributed by atoms with Crippen LogP contribution >= 0.6 is 0 Å². The van der Waals surface area contributed by atoms with Crippen molar-refractivity contribution in [2.45, 2.75) is 19.8 Å². The van der Waals surface area contributed by atoms with Gasteiger partial charge in [0.25, 0.3) is 0 Å². The second kappa shape index (κ2) is 4.02. The van der Waals surface area contributed by atoms with Crippen molar-refractivity contribution < 1.29 is 9.59 Å². The molecule has 1 aliphatic heterocycles. The molecule has 0 unspecified atom stereocenters. The molecule has 0 atom stereocenters. The standard InChI is InChI=1S/C8H13N3O2/c1-6-5-8(13)11(10-6)4-3-7(12)9-2/h3-5H2,1-2H3,(H,9,12). The van der Waals surface area contributed by atoms with Gasteiger partial charge in [0.15, 0.2) is 0 Å². The Balaban J connectivity index is 2.37. The molecule has 0 aromatic rings. The third-order valence-electron chi connectivity index (χ3n) is 1.82. The Labute approximate surface area is 76.8 Å². The zero-order chi connectivity index (χ0) is 9.84. The molecule has 0 saturated heterocycles. The van der Waals surface area contributed by atoms with Crippen molar-refractivity contribution in [1.82, 2.24) is 10.3 Å². The van der Waals surface area contributed by atoms with Gasteiger partial charge in [0.05, 0.1) is 13.0 Å². The number of carbonyl (C=O) groups excluding carboxylic acids is 2. The molecule has 0 radical (unpaired) electrons. The molecule has 1 rings (SSSR count). The van der Waals surface area contributed by atoms with Crippen LogP contribution in [0.5, 0.6) is 0 Å². The van der Waals surface area contributed by atoms with E-state index in [2.05, 4.69) is 10.4 Å². The zero-order valence-corrected chi connectivity index (χ0v) is 7.83. The smallest absolute Gasteiger partial charge is 0.248 e. The monoisotopic (exact) mass is 183 g/mol. The minimum atomic E-state index is -0.0763. The maximum Gasteiger partial charge on any atom is 0.248 e. The SMILES string of the molecule is CNC(=O)CCN1N=C(C)CC1=O. The molecule has 0 aromatic carbocycles. The van der Waals surface area contributed by atoms with Gasteiger partial charge in [0, 0.05) is 19.2 Å². The van der Waals surface area contributed by atoms with Gasteiger partial charge in [0.2, 0.25) is 11.8 Å². The van der Waals surface area contributed by atoms with Crippen LogP contribution in [0.25, 0.3) is 0 Å². The fourth-order valence-electron chi connectivity index (χ4n) is 1.11. The highest BCUT2D eigenvalue weighted by molar-refractivity contribution is 6.03. The van der Waals surface area contributed by atoms with Crippen LogP contribution in [0.4, 0.5) is 0 Å². The van der Waals surface area contributed by atoms with Crippen molar-refractivity contribution in [2.75, 3.05) is 13.6 Å². The van der Waals surface area contributed by atoms with Gasteiger partial charge < -0.3 is 5.32 Å². The van der Waals surface area contributed by atoms with Crippen molar-refractivity contribution in [3.63, 3.8) is 0 Å². The van der Waals surface area contributed by atoms with Crippen LogP contribution in [0.2, 0.25) is 0 Å². The first-order valence-corrected chi connectivity index (χ1v) is 4.18. The average Bonchev–Trinajstić information content (AvgIpc) is 2.41. The summed E-state index contributed by atoms with van der Waals surface area (Å²) in [4.78, 5) is 22.0. The third kappa shape index (κ3) is 2.54. The molecule has 0 aliphatic carbocycles. The number of hydrogen-bond donors (Lipinski definition) is 1. The van der Waals surface area contributed by atoms with E-state index in [1.807, 2.05) is 0 Å². The first-order valence-electron chi connectivity index (χ1n) is 4.18. The normalized spacial score (nSPS) is 16.0. The topological polar surface area (TPSA) is 61.8 Å². The van der Waals surface area contributed by atoms with Crippen molar-refractivity contribution in [3.05, 3.63) is 0 Å². The lowest BCUT2D eigenvalue weighted by Gasteiger charge is -2.10. The lowest BCUT2D eigenvalue weighted by Crippen LogP contribution is -2.27. The minimum absolute atomic E-state index is 0.0265. The molecule has 13 heavy (non-hydrogen) atoms. The molecule has 2 amide bonds. The Bertz CT molecular complexity index is 260. The summed E-state index contributed by atoms with van der Waals surface area (Å²) >= 11 is 0. The highest BCUT2D eigenvalue weighted by Gasteiger charge is 2.20. The second-order valence-corrected chi connectivity index (χ2v) is 2.95. The van der Waals surface area contributed by atoms with Crippen molar-refractivity contribution in [2.24, 2.45) is 5.10 Å². The van der Waals surface area contributed by atoms with E-state index < -0.39 is 0 Å². The summed E-state index contributed by atoms with van der Waals surface area (Å²) in [5, 5.41) is 7.84. The summed E-state index contributed by atoms with van der Waals surface area (Å²) in [5.41, 5.74) is 0.807. The molecule has 72 valence electrons. The Kier molecular flexibility index (Phi) is 3.00. The Morgan fingerprint density at radius 2 is 2.38 bits per heavy atom. The van der Waals surface area contributed by atoms with Crippen LogP contribution in [0.1, 0.15) is 19.8 Å². The van der Waals surface area contributed by atoms with Gasteiger partial charge in [-0.3, -0.25) is 9.59 Å². The Hall–Kier alpha value is -1.39. The molecule has 1 heterocycles. The number of nitrogens with zero attached hydrogens (tertiary/aromatic N) is 2. The number of carbonyl (C=O) groups is 2. The van der Waals surface area contributed by atoms with Crippen LogP contribution in [-0.4, -0.2) is 36.1 Å². The summed E-state index contributed by atoms with van der Waals surface area (Å²) < 4.78 is 0. The molecule has 0 bridgehead atoms. The van der Waals surface area contributed by atoms with Gasteiger partial charge in [0.1, 0.15) is 0 Å². The zero-order valence-electron chi connectivity index (χ0n) is 7.83. The number of hydrazone groups is 1. The van der Waals surface area contributed by atoms with E-state index in [9.17, 15) is 9.59 Å². The fourth-order valence-corrected chi connectivity index (χ4v) is 1.11. The second-order valence-electron chi connectivity index (χ2n) is 2.95. The number of hydrogen-bond acceptors (Lipinski definition) is 3. The van der Waals surface area contributed by atoms with E-state index >= 15 is 0 Å².